The van der Waals surface area contributed by atoms with Crippen molar-refractivity contribution in [1.29, 1.82) is 0 Å². The lowest BCUT2D eigenvalue weighted by atomic mass is 10.3. The third kappa shape index (κ3) is 3.82. The standard InChI is InChI=1S/C19H20N8O3S/c1-20-17(28)14-7-15(31-25-14)23-19-22-13-3-5-27(11-8-21-26(2)9-11)16(13)18(24-19)30-12-4-6-29-10-12/h3,5,7-9,12H,4,6,10H2,1-2H3,(H,20,28)(H,22,23,24)/t12-/m0/s1. The minimum atomic E-state index is -0.250. The maximum atomic E-state index is 11.8. The summed E-state index contributed by atoms with van der Waals surface area (Å²) < 4.78 is 19.5. The van der Waals surface area contributed by atoms with Crippen molar-refractivity contribution in [2.24, 2.45) is 7.05 Å². The molecule has 5 rings (SSSR count). The van der Waals surface area contributed by atoms with Gasteiger partial charge in [0, 0.05) is 39.0 Å². The van der Waals surface area contributed by atoms with E-state index in [2.05, 4.69) is 30.1 Å². The maximum Gasteiger partial charge on any atom is 0.270 e. The monoisotopic (exact) mass is 440 g/mol. The highest BCUT2D eigenvalue weighted by molar-refractivity contribution is 7.10. The predicted octanol–water partition coefficient (Wildman–Crippen LogP) is 1.88. The van der Waals surface area contributed by atoms with Crippen LogP contribution < -0.4 is 15.4 Å². The fraction of sp³-hybridized carbons (Fsp3) is 0.316. The molecule has 0 saturated carbocycles. The Balaban J connectivity index is 1.54. The number of aromatic nitrogens is 6. The number of fused-ring (bicyclic) bond motifs is 1. The average Bonchev–Trinajstić information content (AvgIpc) is 3.54. The minimum Gasteiger partial charge on any atom is -0.470 e. The van der Waals surface area contributed by atoms with E-state index in [0.29, 0.717) is 41.3 Å². The Morgan fingerprint density at radius 3 is 3.03 bits per heavy atom. The maximum absolute atomic E-state index is 11.8. The molecule has 1 atom stereocenters. The number of carbonyl (C=O) groups excluding carboxylic acids is 1. The molecule has 4 aromatic rings. The number of rotatable bonds is 6. The first-order valence-corrected chi connectivity index (χ1v) is 10.5. The Morgan fingerprint density at radius 1 is 1.39 bits per heavy atom. The van der Waals surface area contributed by atoms with E-state index in [1.54, 1.807) is 24.0 Å². The molecule has 1 fully saturated rings. The van der Waals surface area contributed by atoms with Gasteiger partial charge in [-0.1, -0.05) is 0 Å². The Morgan fingerprint density at radius 2 is 2.29 bits per heavy atom. The molecule has 2 N–H and O–H groups in total. The van der Waals surface area contributed by atoms with Gasteiger partial charge in [-0.05, 0) is 17.6 Å². The summed E-state index contributed by atoms with van der Waals surface area (Å²) in [6.45, 7) is 1.18. The number of aryl methyl sites for hydroxylation is 1. The van der Waals surface area contributed by atoms with Crippen molar-refractivity contribution in [2.75, 3.05) is 25.6 Å². The molecule has 5 heterocycles. The highest BCUT2D eigenvalue weighted by atomic mass is 32.1. The van der Waals surface area contributed by atoms with Gasteiger partial charge in [-0.2, -0.15) is 14.5 Å². The summed E-state index contributed by atoms with van der Waals surface area (Å²) in [4.78, 5) is 21.0. The van der Waals surface area contributed by atoms with Crippen molar-refractivity contribution < 1.29 is 14.3 Å². The quantitative estimate of drug-likeness (QED) is 0.466. The summed E-state index contributed by atoms with van der Waals surface area (Å²) in [7, 11) is 3.43. The van der Waals surface area contributed by atoms with E-state index in [4.69, 9.17) is 9.47 Å². The van der Waals surface area contributed by atoms with Crippen molar-refractivity contribution >= 4 is 39.4 Å². The third-order valence-electron chi connectivity index (χ3n) is 4.84. The number of nitrogens with zero attached hydrogens (tertiary/aromatic N) is 6. The van der Waals surface area contributed by atoms with Gasteiger partial charge in [0.2, 0.25) is 11.8 Å². The summed E-state index contributed by atoms with van der Waals surface area (Å²) in [5, 5.41) is 10.6. The molecular formula is C19H20N8O3S. The molecule has 160 valence electrons. The molecule has 0 bridgehead atoms. The predicted molar refractivity (Wildman–Crippen MR) is 114 cm³/mol. The van der Waals surface area contributed by atoms with Crippen LogP contribution >= 0.6 is 11.5 Å². The Hall–Kier alpha value is -3.51. The number of anilines is 2. The third-order valence-corrected chi connectivity index (χ3v) is 5.55. The van der Waals surface area contributed by atoms with Gasteiger partial charge in [-0.25, -0.2) is 4.98 Å². The molecule has 11 nitrogen and oxygen atoms in total. The van der Waals surface area contributed by atoms with Gasteiger partial charge in [-0.15, -0.1) is 0 Å². The van der Waals surface area contributed by atoms with E-state index in [9.17, 15) is 4.79 Å². The Kier molecular flexibility index (Phi) is 5.00. The lowest BCUT2D eigenvalue weighted by Gasteiger charge is -2.14. The molecule has 12 heteroatoms. The van der Waals surface area contributed by atoms with E-state index in [-0.39, 0.29) is 12.0 Å². The zero-order valence-electron chi connectivity index (χ0n) is 16.9. The van der Waals surface area contributed by atoms with Crippen LogP contribution in [0.1, 0.15) is 16.9 Å². The summed E-state index contributed by atoms with van der Waals surface area (Å²) in [6.07, 6.45) is 6.31. The van der Waals surface area contributed by atoms with Gasteiger partial charge >= 0.3 is 0 Å². The molecule has 0 aromatic carbocycles. The number of hydrogen-bond acceptors (Lipinski definition) is 9. The fourth-order valence-electron chi connectivity index (χ4n) is 3.34. The van der Waals surface area contributed by atoms with Crippen LogP contribution in [-0.2, 0) is 11.8 Å². The first-order chi connectivity index (χ1) is 15.1. The number of carbonyl (C=O) groups is 1. The Labute approximate surface area is 181 Å². The van der Waals surface area contributed by atoms with Crippen molar-refractivity contribution in [3.05, 3.63) is 36.4 Å². The van der Waals surface area contributed by atoms with Gasteiger partial charge in [0.25, 0.3) is 5.91 Å². The zero-order chi connectivity index (χ0) is 21.4. The summed E-state index contributed by atoms with van der Waals surface area (Å²) >= 11 is 1.16. The van der Waals surface area contributed by atoms with Gasteiger partial charge in [0.05, 0.1) is 30.6 Å². The minimum absolute atomic E-state index is 0.0774. The SMILES string of the molecule is CNC(=O)c1cc(Nc2nc(O[C@H]3CCOC3)c3c(ccn3-c3cnn(C)c3)n2)sn1. The van der Waals surface area contributed by atoms with Gasteiger partial charge in [0.15, 0.2) is 0 Å². The highest BCUT2D eigenvalue weighted by Crippen LogP contribution is 2.31. The van der Waals surface area contributed by atoms with Crippen LogP contribution in [0, 0.1) is 0 Å². The van der Waals surface area contributed by atoms with Crippen LogP contribution in [0.15, 0.2) is 30.7 Å². The van der Waals surface area contributed by atoms with Crippen LogP contribution in [0.5, 0.6) is 5.88 Å². The van der Waals surface area contributed by atoms with Crippen LogP contribution in [0.25, 0.3) is 16.7 Å². The summed E-state index contributed by atoms with van der Waals surface area (Å²) in [5.41, 5.74) is 2.68. The van der Waals surface area contributed by atoms with Crippen molar-refractivity contribution in [2.45, 2.75) is 12.5 Å². The molecule has 31 heavy (non-hydrogen) atoms. The molecule has 4 aromatic heterocycles. The highest BCUT2D eigenvalue weighted by Gasteiger charge is 2.22. The molecule has 1 saturated heterocycles. The van der Waals surface area contributed by atoms with E-state index in [0.717, 1.165) is 29.2 Å². The lowest BCUT2D eigenvalue weighted by molar-refractivity contribution is 0.0959. The van der Waals surface area contributed by atoms with Gasteiger partial charge < -0.3 is 24.7 Å². The van der Waals surface area contributed by atoms with Crippen LogP contribution in [0.3, 0.4) is 0 Å². The number of amides is 1. The normalized spacial score (nSPS) is 16.0. The number of ether oxygens (including phenoxy) is 2. The van der Waals surface area contributed by atoms with E-state index in [1.165, 1.54) is 0 Å². The topological polar surface area (TPSA) is 121 Å². The van der Waals surface area contributed by atoms with E-state index >= 15 is 0 Å². The zero-order valence-corrected chi connectivity index (χ0v) is 17.7. The number of nitrogens with one attached hydrogen (secondary N) is 2. The van der Waals surface area contributed by atoms with Crippen LogP contribution in [0.4, 0.5) is 10.9 Å². The van der Waals surface area contributed by atoms with Gasteiger partial charge in [0.1, 0.15) is 22.3 Å². The second kappa shape index (κ2) is 7.96. The first-order valence-electron chi connectivity index (χ1n) is 9.69. The van der Waals surface area contributed by atoms with E-state index < -0.39 is 0 Å². The number of hydrogen-bond donors (Lipinski definition) is 2. The second-order valence-electron chi connectivity index (χ2n) is 7.03. The van der Waals surface area contributed by atoms with Crippen molar-refractivity contribution in [3.8, 4) is 11.6 Å². The van der Waals surface area contributed by atoms with Gasteiger partial charge in [-0.3, -0.25) is 9.48 Å². The van der Waals surface area contributed by atoms with Crippen LogP contribution in [0.2, 0.25) is 0 Å². The van der Waals surface area contributed by atoms with Crippen molar-refractivity contribution in [1.82, 2.24) is 34.0 Å². The van der Waals surface area contributed by atoms with E-state index in [1.807, 2.05) is 30.1 Å². The van der Waals surface area contributed by atoms with Crippen molar-refractivity contribution in [3.63, 3.8) is 0 Å². The molecule has 1 aliphatic rings. The largest absolute Gasteiger partial charge is 0.470 e. The average molecular weight is 440 g/mol. The molecule has 0 radical (unpaired) electrons. The molecule has 0 spiro atoms. The molecular weight excluding hydrogens is 420 g/mol. The molecule has 0 aliphatic carbocycles. The molecule has 1 aliphatic heterocycles. The first kappa shape index (κ1) is 19.5. The lowest BCUT2D eigenvalue weighted by Crippen LogP contribution is -2.18. The second-order valence-corrected chi connectivity index (χ2v) is 7.83. The Bertz CT molecular complexity index is 1240. The molecule has 0 unspecified atom stereocenters. The summed E-state index contributed by atoms with van der Waals surface area (Å²) in [5.74, 6) is 0.560. The van der Waals surface area contributed by atoms with Crippen LogP contribution in [-0.4, -0.2) is 61.0 Å². The molecule has 1 amide bonds. The summed E-state index contributed by atoms with van der Waals surface area (Å²) in [6, 6.07) is 3.55. The fourth-order valence-corrected chi connectivity index (χ4v) is 3.98. The smallest absolute Gasteiger partial charge is 0.270 e.